The molecule has 0 fully saturated rings. The molecular weight excluding hydrogens is 252 g/mol. The van der Waals surface area contributed by atoms with E-state index in [4.69, 9.17) is 25.1 Å². The highest BCUT2D eigenvalue weighted by Gasteiger charge is 2.12. The van der Waals surface area contributed by atoms with E-state index in [0.717, 1.165) is 0 Å². The van der Waals surface area contributed by atoms with Crippen molar-refractivity contribution in [2.75, 3.05) is 39.3 Å². The summed E-state index contributed by atoms with van der Waals surface area (Å²) in [5.41, 5.74) is 5.67. The molecule has 106 valence electrons. The van der Waals surface area contributed by atoms with Gasteiger partial charge in [-0.25, -0.2) is 9.78 Å². The molecule has 0 amide bonds. The summed E-state index contributed by atoms with van der Waals surface area (Å²) in [4.78, 5) is 14.8. The maximum absolute atomic E-state index is 10.9. The molecule has 1 aromatic heterocycles. The molecule has 1 aromatic rings. The zero-order valence-corrected chi connectivity index (χ0v) is 10.8. The van der Waals surface area contributed by atoms with E-state index in [9.17, 15) is 4.79 Å². The number of hydrogen-bond donors (Lipinski definition) is 2. The van der Waals surface area contributed by atoms with Crippen molar-refractivity contribution < 1.29 is 24.1 Å². The van der Waals surface area contributed by atoms with E-state index in [-0.39, 0.29) is 17.1 Å². The van der Waals surface area contributed by atoms with Crippen molar-refractivity contribution in [3.8, 4) is 5.88 Å². The molecule has 0 bridgehead atoms. The fraction of sp³-hybridized carbons (Fsp3) is 0.500. The molecule has 0 unspecified atom stereocenters. The van der Waals surface area contributed by atoms with Crippen LogP contribution in [0.15, 0.2) is 12.3 Å². The second kappa shape index (κ2) is 8.28. The Bertz CT molecular complexity index is 411. The average molecular weight is 270 g/mol. The van der Waals surface area contributed by atoms with Gasteiger partial charge in [0.05, 0.1) is 25.4 Å². The lowest BCUT2D eigenvalue weighted by atomic mass is 10.2. The molecule has 0 aliphatic carbocycles. The molecule has 7 heteroatoms. The first-order valence-corrected chi connectivity index (χ1v) is 5.84. The summed E-state index contributed by atoms with van der Waals surface area (Å²) < 4.78 is 15.4. The van der Waals surface area contributed by atoms with Crippen molar-refractivity contribution in [3.63, 3.8) is 0 Å². The van der Waals surface area contributed by atoms with Gasteiger partial charge in [0.1, 0.15) is 5.69 Å². The van der Waals surface area contributed by atoms with Crippen molar-refractivity contribution in [2.24, 2.45) is 0 Å². The Morgan fingerprint density at radius 3 is 2.84 bits per heavy atom. The fourth-order valence-electron chi connectivity index (χ4n) is 1.33. The molecule has 19 heavy (non-hydrogen) atoms. The third kappa shape index (κ3) is 5.11. The Labute approximate surface area is 111 Å². The average Bonchev–Trinajstić information content (AvgIpc) is 2.39. The SMILES string of the molecule is COCCOCCCOc1nccc(C(=O)O)c1N. The van der Waals surface area contributed by atoms with E-state index >= 15 is 0 Å². The molecule has 1 rings (SSSR count). The van der Waals surface area contributed by atoms with Crippen molar-refractivity contribution in [1.82, 2.24) is 4.98 Å². The van der Waals surface area contributed by atoms with Crippen molar-refractivity contribution in [2.45, 2.75) is 6.42 Å². The van der Waals surface area contributed by atoms with Crippen LogP contribution in [0.5, 0.6) is 5.88 Å². The van der Waals surface area contributed by atoms with Gasteiger partial charge in [-0.3, -0.25) is 0 Å². The van der Waals surface area contributed by atoms with Gasteiger partial charge in [0.15, 0.2) is 0 Å². The van der Waals surface area contributed by atoms with Crippen LogP contribution < -0.4 is 10.5 Å². The lowest BCUT2D eigenvalue weighted by Gasteiger charge is -2.09. The summed E-state index contributed by atoms with van der Waals surface area (Å²) in [5, 5.41) is 8.89. The molecule has 1 heterocycles. The van der Waals surface area contributed by atoms with Crippen molar-refractivity contribution in [3.05, 3.63) is 17.8 Å². The Kier molecular flexibility index (Phi) is 6.62. The number of methoxy groups -OCH3 is 1. The van der Waals surface area contributed by atoms with Gasteiger partial charge in [-0.05, 0) is 6.07 Å². The first-order chi connectivity index (χ1) is 9.16. The van der Waals surface area contributed by atoms with Gasteiger partial charge >= 0.3 is 5.97 Å². The maximum Gasteiger partial charge on any atom is 0.338 e. The minimum atomic E-state index is -1.10. The number of nitrogens with zero attached hydrogens (tertiary/aromatic N) is 1. The van der Waals surface area contributed by atoms with Gasteiger partial charge in [0, 0.05) is 26.3 Å². The molecule has 0 spiro atoms. The first kappa shape index (κ1) is 15.2. The molecule has 0 aromatic carbocycles. The number of pyridine rings is 1. The zero-order chi connectivity index (χ0) is 14.1. The van der Waals surface area contributed by atoms with Crippen molar-refractivity contribution >= 4 is 11.7 Å². The number of aromatic carboxylic acids is 1. The van der Waals surface area contributed by atoms with Crippen LogP contribution in [0.4, 0.5) is 5.69 Å². The largest absolute Gasteiger partial charge is 0.478 e. The third-order valence-corrected chi connectivity index (χ3v) is 2.29. The molecule has 3 N–H and O–H groups in total. The fourth-order valence-corrected chi connectivity index (χ4v) is 1.33. The minimum absolute atomic E-state index is 0.0126. The van der Waals surface area contributed by atoms with Crippen LogP contribution in [-0.4, -0.2) is 49.6 Å². The standard InChI is InChI=1S/C12H18N2O5/c1-17-7-8-18-5-2-6-19-11-10(13)9(12(15)16)3-4-14-11/h3-4H,2,5-8,13H2,1H3,(H,15,16). The predicted molar refractivity (Wildman–Crippen MR) is 68.4 cm³/mol. The lowest BCUT2D eigenvalue weighted by Crippen LogP contribution is -2.10. The number of carbonyl (C=O) groups is 1. The summed E-state index contributed by atoms with van der Waals surface area (Å²) in [6.45, 7) is 1.97. The van der Waals surface area contributed by atoms with Crippen LogP contribution in [0, 0.1) is 0 Å². The molecule has 0 aliphatic rings. The quantitative estimate of drug-likeness (QED) is 0.639. The molecular formula is C12H18N2O5. The molecule has 0 saturated heterocycles. The number of nitrogens with two attached hydrogens (primary N) is 1. The zero-order valence-electron chi connectivity index (χ0n) is 10.8. The summed E-state index contributed by atoms with van der Waals surface area (Å²) in [6, 6.07) is 1.33. The van der Waals surface area contributed by atoms with Crippen LogP contribution in [0.3, 0.4) is 0 Å². The Morgan fingerprint density at radius 2 is 2.16 bits per heavy atom. The van der Waals surface area contributed by atoms with Gasteiger partial charge in [-0.2, -0.15) is 0 Å². The van der Waals surface area contributed by atoms with Crippen LogP contribution in [0.1, 0.15) is 16.8 Å². The number of carboxylic acid groups (broad SMARTS) is 1. The molecule has 7 nitrogen and oxygen atoms in total. The Balaban J connectivity index is 2.33. The normalized spacial score (nSPS) is 10.4. The maximum atomic E-state index is 10.9. The summed E-state index contributed by atoms with van der Waals surface area (Å²) in [7, 11) is 1.61. The van der Waals surface area contributed by atoms with Gasteiger partial charge in [-0.1, -0.05) is 0 Å². The molecule has 0 atom stereocenters. The minimum Gasteiger partial charge on any atom is -0.478 e. The van der Waals surface area contributed by atoms with E-state index in [1.165, 1.54) is 12.3 Å². The van der Waals surface area contributed by atoms with Crippen molar-refractivity contribution in [1.29, 1.82) is 0 Å². The van der Waals surface area contributed by atoms with Gasteiger partial charge in [0.2, 0.25) is 5.88 Å². The topological polar surface area (TPSA) is 104 Å². The Hall–Kier alpha value is -1.86. The number of aromatic nitrogens is 1. The summed E-state index contributed by atoms with van der Waals surface area (Å²) >= 11 is 0. The number of anilines is 1. The summed E-state index contributed by atoms with van der Waals surface area (Å²) in [6.07, 6.45) is 2.01. The second-order valence-corrected chi connectivity index (χ2v) is 3.69. The molecule has 0 aliphatic heterocycles. The highest BCUT2D eigenvalue weighted by molar-refractivity contribution is 5.94. The van der Waals surface area contributed by atoms with E-state index in [1.54, 1.807) is 7.11 Å². The number of ether oxygens (including phenoxy) is 3. The molecule has 0 radical (unpaired) electrons. The van der Waals surface area contributed by atoms with Gasteiger partial charge in [-0.15, -0.1) is 0 Å². The first-order valence-electron chi connectivity index (χ1n) is 5.84. The number of hydrogen-bond acceptors (Lipinski definition) is 6. The predicted octanol–water partition coefficient (Wildman–Crippen LogP) is 0.794. The van der Waals surface area contributed by atoms with Crippen LogP contribution in [-0.2, 0) is 9.47 Å². The van der Waals surface area contributed by atoms with Crippen LogP contribution in [0.2, 0.25) is 0 Å². The van der Waals surface area contributed by atoms with E-state index in [1.807, 2.05) is 0 Å². The smallest absolute Gasteiger partial charge is 0.338 e. The van der Waals surface area contributed by atoms with E-state index in [2.05, 4.69) is 4.98 Å². The third-order valence-electron chi connectivity index (χ3n) is 2.29. The number of nitrogen functional groups attached to an aromatic ring is 1. The lowest BCUT2D eigenvalue weighted by molar-refractivity contribution is 0.0641. The Morgan fingerprint density at radius 1 is 1.37 bits per heavy atom. The van der Waals surface area contributed by atoms with Crippen LogP contribution >= 0.6 is 0 Å². The van der Waals surface area contributed by atoms with E-state index in [0.29, 0.717) is 32.8 Å². The molecule has 0 saturated carbocycles. The number of rotatable bonds is 9. The monoisotopic (exact) mass is 270 g/mol. The summed E-state index contributed by atoms with van der Waals surface area (Å²) in [5.74, 6) is -0.968. The highest BCUT2D eigenvalue weighted by atomic mass is 16.5. The number of carboxylic acids is 1. The van der Waals surface area contributed by atoms with E-state index < -0.39 is 5.97 Å². The second-order valence-electron chi connectivity index (χ2n) is 3.69. The van der Waals surface area contributed by atoms with Crippen LogP contribution in [0.25, 0.3) is 0 Å². The van der Waals surface area contributed by atoms with Gasteiger partial charge in [0.25, 0.3) is 0 Å². The highest BCUT2D eigenvalue weighted by Crippen LogP contribution is 2.22. The van der Waals surface area contributed by atoms with Gasteiger partial charge < -0.3 is 25.1 Å².